The number of ether oxygens (including phenoxy) is 2. The predicted molar refractivity (Wildman–Crippen MR) is 135 cm³/mol. The number of nitrogens with one attached hydrogen (secondary N) is 1. The smallest absolute Gasteiger partial charge is 0.276 e. The highest BCUT2D eigenvalue weighted by atomic mass is 19.1. The van der Waals surface area contributed by atoms with E-state index in [1.54, 1.807) is 12.3 Å². The second-order valence-electron chi connectivity index (χ2n) is 8.94. The third-order valence-electron chi connectivity index (χ3n) is 6.74. The number of halogens is 2. The van der Waals surface area contributed by atoms with Crippen LogP contribution in [-0.2, 0) is 4.74 Å². The van der Waals surface area contributed by atoms with Crippen LogP contribution in [0.2, 0.25) is 0 Å². The second-order valence-corrected chi connectivity index (χ2v) is 8.94. The number of carbonyl (C=O) groups excluding carboxylic acids is 1. The number of methoxy groups -OCH3 is 1. The van der Waals surface area contributed by atoms with Crippen LogP contribution in [0.5, 0.6) is 5.75 Å². The van der Waals surface area contributed by atoms with E-state index < -0.39 is 35.4 Å². The van der Waals surface area contributed by atoms with Crippen LogP contribution in [0.15, 0.2) is 42.7 Å². The molecule has 37 heavy (non-hydrogen) atoms. The largest absolute Gasteiger partial charge is 0.496 e. The number of aliphatic hydroxyl groups is 1. The van der Waals surface area contributed by atoms with Crippen LogP contribution in [0.3, 0.4) is 0 Å². The number of nitrogens with zero attached hydrogens (tertiary/aromatic N) is 2. The summed E-state index contributed by atoms with van der Waals surface area (Å²) in [4.78, 5) is 21.5. The fourth-order valence-corrected chi connectivity index (χ4v) is 4.88. The van der Waals surface area contributed by atoms with E-state index in [-0.39, 0.29) is 34.7 Å². The molecule has 4 rings (SSSR count). The van der Waals surface area contributed by atoms with E-state index in [1.165, 1.54) is 25.4 Å². The quantitative estimate of drug-likeness (QED) is 0.412. The van der Waals surface area contributed by atoms with Crippen LogP contribution in [0.4, 0.5) is 20.2 Å². The number of nitrogen functional groups attached to an aromatic ring is 1. The van der Waals surface area contributed by atoms with E-state index in [1.807, 2.05) is 13.8 Å². The lowest BCUT2D eigenvalue weighted by Gasteiger charge is -2.40. The molecule has 1 fully saturated rings. The summed E-state index contributed by atoms with van der Waals surface area (Å²) >= 11 is 0. The summed E-state index contributed by atoms with van der Waals surface area (Å²) in [7, 11) is 1.32. The zero-order valence-electron chi connectivity index (χ0n) is 20.9. The van der Waals surface area contributed by atoms with Crippen molar-refractivity contribution < 1.29 is 28.2 Å². The molecule has 4 unspecified atom stereocenters. The Balaban J connectivity index is 1.67. The summed E-state index contributed by atoms with van der Waals surface area (Å²) in [5.74, 6) is -2.32. The molecule has 10 heteroatoms. The van der Waals surface area contributed by atoms with Crippen LogP contribution >= 0.6 is 0 Å². The van der Waals surface area contributed by atoms with Crippen molar-refractivity contribution in [3.8, 4) is 17.0 Å². The van der Waals surface area contributed by atoms with E-state index in [4.69, 9.17) is 15.2 Å². The number of carbonyl (C=O) groups is 1. The molecule has 8 nitrogen and oxygen atoms in total. The summed E-state index contributed by atoms with van der Waals surface area (Å²) < 4.78 is 40.9. The molecule has 1 aromatic carbocycles. The maximum atomic E-state index is 14.8. The lowest BCUT2D eigenvalue weighted by Crippen LogP contribution is -2.40. The summed E-state index contributed by atoms with van der Waals surface area (Å²) in [5.41, 5.74) is 5.76. The standard InChI is InChI=1S/C27H30F2N4O4/c1-4-14-20(34)12-23(37-21(14)5-2)15-9-10-31-13-19(15)32-27(35)26-18(30)11-17(29)25(33-26)24-16(28)7-6-8-22(24)36-3/h6-11,13-14,20-21,23,34H,4-5,12,30H2,1-3H3,(H,32,35). The Hall–Kier alpha value is -3.63. The molecule has 1 amide bonds. The minimum absolute atomic E-state index is 0.0261. The molecule has 0 saturated carbocycles. The number of nitrogens with two attached hydrogens (primary N) is 1. The van der Waals surface area contributed by atoms with Gasteiger partial charge in [0.2, 0.25) is 0 Å². The van der Waals surface area contributed by atoms with Gasteiger partial charge in [-0.3, -0.25) is 9.78 Å². The number of anilines is 2. The fourth-order valence-electron chi connectivity index (χ4n) is 4.88. The van der Waals surface area contributed by atoms with Crippen molar-refractivity contribution in [3.05, 3.63) is 65.6 Å². The molecule has 1 aliphatic heterocycles. The van der Waals surface area contributed by atoms with Gasteiger partial charge in [-0.2, -0.15) is 0 Å². The van der Waals surface area contributed by atoms with Crippen molar-refractivity contribution in [3.63, 3.8) is 0 Å². The van der Waals surface area contributed by atoms with E-state index in [0.717, 1.165) is 25.0 Å². The van der Waals surface area contributed by atoms with E-state index in [9.17, 15) is 18.7 Å². The van der Waals surface area contributed by atoms with Gasteiger partial charge in [-0.15, -0.1) is 0 Å². The van der Waals surface area contributed by atoms with Crippen molar-refractivity contribution in [2.45, 2.75) is 51.4 Å². The van der Waals surface area contributed by atoms with E-state index >= 15 is 0 Å². The summed E-state index contributed by atoms with van der Waals surface area (Å²) in [6, 6.07) is 6.65. The molecule has 1 aliphatic rings. The monoisotopic (exact) mass is 512 g/mol. The zero-order chi connectivity index (χ0) is 26.7. The van der Waals surface area contributed by atoms with Crippen molar-refractivity contribution in [1.29, 1.82) is 0 Å². The van der Waals surface area contributed by atoms with E-state index in [2.05, 4.69) is 15.3 Å². The molecule has 4 N–H and O–H groups in total. The molecule has 2 aromatic heterocycles. The first-order chi connectivity index (χ1) is 17.8. The number of benzene rings is 1. The zero-order valence-corrected chi connectivity index (χ0v) is 20.9. The van der Waals surface area contributed by atoms with Gasteiger partial charge in [0.05, 0.1) is 48.6 Å². The molecule has 4 atom stereocenters. The maximum Gasteiger partial charge on any atom is 0.276 e. The van der Waals surface area contributed by atoms with Gasteiger partial charge in [0.25, 0.3) is 5.91 Å². The van der Waals surface area contributed by atoms with Crippen LogP contribution in [0.25, 0.3) is 11.3 Å². The highest BCUT2D eigenvalue weighted by molar-refractivity contribution is 6.07. The average molecular weight is 513 g/mol. The topological polar surface area (TPSA) is 120 Å². The van der Waals surface area contributed by atoms with Crippen molar-refractivity contribution in [1.82, 2.24) is 9.97 Å². The van der Waals surface area contributed by atoms with Gasteiger partial charge in [-0.1, -0.05) is 19.9 Å². The van der Waals surface area contributed by atoms with Gasteiger partial charge in [0.15, 0.2) is 11.5 Å². The average Bonchev–Trinajstić information content (AvgIpc) is 2.88. The normalized spacial score (nSPS) is 21.5. The number of hydrogen-bond donors (Lipinski definition) is 3. The van der Waals surface area contributed by atoms with E-state index in [0.29, 0.717) is 17.7 Å². The first-order valence-electron chi connectivity index (χ1n) is 12.2. The van der Waals surface area contributed by atoms with Crippen LogP contribution < -0.4 is 15.8 Å². The lowest BCUT2D eigenvalue weighted by molar-refractivity contribution is -0.139. The number of aliphatic hydroxyl groups excluding tert-OH is 1. The molecule has 3 heterocycles. The number of aromatic nitrogens is 2. The third-order valence-corrected chi connectivity index (χ3v) is 6.74. The van der Waals surface area contributed by atoms with Crippen molar-refractivity contribution >= 4 is 17.3 Å². The number of pyridine rings is 2. The van der Waals surface area contributed by atoms with Gasteiger partial charge in [0, 0.05) is 30.2 Å². The van der Waals surface area contributed by atoms with Gasteiger partial charge in [0.1, 0.15) is 17.3 Å². The SMILES string of the molecule is CCC1OC(c2ccncc2NC(=O)c2nc(-c3c(F)cccc3OC)c(F)cc2N)CC(O)C1CC. The predicted octanol–water partition coefficient (Wildman–Crippen LogP) is 4.89. The van der Waals surface area contributed by atoms with Crippen molar-refractivity contribution in [2.24, 2.45) is 5.92 Å². The number of hydrogen-bond acceptors (Lipinski definition) is 7. The molecule has 0 spiro atoms. The summed E-state index contributed by atoms with van der Waals surface area (Å²) in [6.07, 6.45) is 3.74. The number of amides is 1. The minimum Gasteiger partial charge on any atom is -0.496 e. The third kappa shape index (κ3) is 5.26. The van der Waals surface area contributed by atoms with Crippen molar-refractivity contribution in [2.75, 3.05) is 18.2 Å². The molecule has 0 radical (unpaired) electrons. The molecule has 3 aromatic rings. The Morgan fingerprint density at radius 2 is 2.03 bits per heavy atom. The van der Waals surface area contributed by atoms with Gasteiger partial charge < -0.3 is 25.6 Å². The Labute approximate surface area is 213 Å². The first kappa shape index (κ1) is 26.4. The Bertz CT molecular complexity index is 1290. The van der Waals surface area contributed by atoms with Crippen LogP contribution in [0.1, 0.15) is 55.3 Å². The Morgan fingerprint density at radius 1 is 1.24 bits per heavy atom. The first-order valence-corrected chi connectivity index (χ1v) is 12.2. The molecular formula is C27H30F2N4O4. The van der Waals surface area contributed by atoms with Gasteiger partial charge in [-0.05, 0) is 31.0 Å². The van der Waals surface area contributed by atoms with Gasteiger partial charge in [-0.25, -0.2) is 13.8 Å². The lowest BCUT2D eigenvalue weighted by atomic mass is 9.84. The van der Waals surface area contributed by atoms with Gasteiger partial charge >= 0.3 is 0 Å². The fraction of sp³-hybridized carbons (Fsp3) is 0.370. The maximum absolute atomic E-state index is 14.8. The minimum atomic E-state index is -0.903. The highest BCUT2D eigenvalue weighted by Crippen LogP contribution is 2.40. The Kier molecular flexibility index (Phi) is 7.99. The van der Waals surface area contributed by atoms with Crippen LogP contribution in [-0.4, -0.2) is 40.3 Å². The molecule has 0 bridgehead atoms. The molecule has 196 valence electrons. The molecular weight excluding hydrogens is 482 g/mol. The molecule has 0 aliphatic carbocycles. The summed E-state index contributed by atoms with van der Waals surface area (Å²) in [5, 5.41) is 13.5. The Morgan fingerprint density at radius 3 is 2.73 bits per heavy atom. The molecule has 1 saturated heterocycles. The second kappa shape index (κ2) is 11.2. The summed E-state index contributed by atoms with van der Waals surface area (Å²) in [6.45, 7) is 4.02. The number of rotatable bonds is 7. The highest BCUT2D eigenvalue weighted by Gasteiger charge is 2.37. The van der Waals surface area contributed by atoms with Crippen LogP contribution in [0, 0.1) is 17.6 Å².